The fourth-order valence-corrected chi connectivity index (χ4v) is 2.89. The van der Waals surface area contributed by atoms with Gasteiger partial charge in [0.2, 0.25) is 11.8 Å². The highest BCUT2D eigenvalue weighted by atomic mass is 16.2. The Labute approximate surface area is 110 Å². The van der Waals surface area contributed by atoms with E-state index in [9.17, 15) is 14.4 Å². The molecule has 1 fully saturated rings. The van der Waals surface area contributed by atoms with E-state index in [1.54, 1.807) is 4.90 Å². The van der Waals surface area contributed by atoms with Gasteiger partial charge in [-0.05, 0) is 19.3 Å². The van der Waals surface area contributed by atoms with Gasteiger partial charge in [-0.1, -0.05) is 6.08 Å². The molecule has 0 spiro atoms. The van der Waals surface area contributed by atoms with E-state index in [1.165, 1.54) is 0 Å². The van der Waals surface area contributed by atoms with Crippen LogP contribution in [0.2, 0.25) is 0 Å². The maximum Gasteiger partial charge on any atom is 0.251 e. The highest BCUT2D eigenvalue weighted by Crippen LogP contribution is 2.32. The number of piperidine rings is 1. The molecule has 3 amide bonds. The van der Waals surface area contributed by atoms with Crippen LogP contribution in [0.5, 0.6) is 0 Å². The number of imide groups is 1. The molecule has 0 aromatic heterocycles. The van der Waals surface area contributed by atoms with Crippen LogP contribution >= 0.6 is 0 Å². The molecule has 1 atom stereocenters. The molecule has 1 saturated heterocycles. The summed E-state index contributed by atoms with van der Waals surface area (Å²) >= 11 is 0. The van der Waals surface area contributed by atoms with E-state index in [1.807, 2.05) is 6.08 Å². The number of amides is 3. The highest BCUT2D eigenvalue weighted by Gasteiger charge is 2.40. The number of nitrogens with zero attached hydrogens (tertiary/aromatic N) is 1. The van der Waals surface area contributed by atoms with Crippen molar-refractivity contribution in [3.8, 4) is 0 Å². The molecule has 0 bridgehead atoms. The van der Waals surface area contributed by atoms with Crippen LogP contribution in [-0.4, -0.2) is 35.2 Å². The van der Waals surface area contributed by atoms with Gasteiger partial charge in [-0.2, -0.15) is 0 Å². The van der Waals surface area contributed by atoms with Gasteiger partial charge in [-0.25, -0.2) is 0 Å². The van der Waals surface area contributed by atoms with Crippen LogP contribution in [0.4, 0.5) is 0 Å². The van der Waals surface area contributed by atoms with Crippen molar-refractivity contribution in [3.63, 3.8) is 0 Å². The van der Waals surface area contributed by atoms with Crippen LogP contribution in [-0.2, 0) is 14.4 Å². The van der Waals surface area contributed by atoms with Gasteiger partial charge in [0.1, 0.15) is 6.04 Å². The molecule has 1 unspecified atom stereocenters. The Morgan fingerprint density at radius 2 is 2.00 bits per heavy atom. The van der Waals surface area contributed by atoms with Crippen LogP contribution < -0.4 is 11.1 Å². The number of hydrogen-bond donors (Lipinski definition) is 2. The molecular formula is C13H15N3O3. The van der Waals surface area contributed by atoms with Crippen molar-refractivity contribution in [1.82, 2.24) is 10.2 Å². The molecule has 2 aliphatic heterocycles. The van der Waals surface area contributed by atoms with Crippen LogP contribution in [0, 0.1) is 0 Å². The largest absolute Gasteiger partial charge is 0.399 e. The van der Waals surface area contributed by atoms with Gasteiger partial charge >= 0.3 is 0 Å². The summed E-state index contributed by atoms with van der Waals surface area (Å²) in [6, 6.07) is -0.552. The van der Waals surface area contributed by atoms with Crippen molar-refractivity contribution in [2.45, 2.75) is 31.7 Å². The number of allylic oxidation sites excluding steroid dienone is 1. The number of nitrogens with one attached hydrogen (secondary N) is 1. The third-order valence-corrected chi connectivity index (χ3v) is 3.91. The summed E-state index contributed by atoms with van der Waals surface area (Å²) in [7, 11) is 0. The summed E-state index contributed by atoms with van der Waals surface area (Å²) in [6.07, 6.45) is 4.02. The van der Waals surface area contributed by atoms with Crippen LogP contribution in [0.25, 0.3) is 0 Å². The first-order valence-corrected chi connectivity index (χ1v) is 6.40. The molecule has 1 aliphatic carbocycles. The minimum atomic E-state index is -0.552. The van der Waals surface area contributed by atoms with Crippen molar-refractivity contribution in [2.24, 2.45) is 5.73 Å². The van der Waals surface area contributed by atoms with Crippen LogP contribution in [0.3, 0.4) is 0 Å². The topological polar surface area (TPSA) is 92.5 Å². The fraction of sp³-hybridized carbons (Fsp3) is 0.462. The van der Waals surface area contributed by atoms with Crippen molar-refractivity contribution < 1.29 is 14.4 Å². The number of nitrogens with two attached hydrogens (primary N) is 1. The second kappa shape index (κ2) is 4.22. The van der Waals surface area contributed by atoms with Gasteiger partial charge in [-0.3, -0.25) is 19.7 Å². The standard InChI is InChI=1S/C13H15N3O3/c14-9-3-1-2-7-8(9)6-16(13(7)19)10-4-5-11(17)15-12(10)18/h3,10H,1-2,4-6,14H2,(H,15,17,18). The SMILES string of the molecule is NC1=CCCC2=C1CN(C1CCC(=O)NC1=O)C2=O. The van der Waals surface area contributed by atoms with E-state index >= 15 is 0 Å². The van der Waals surface area contributed by atoms with E-state index in [-0.39, 0.29) is 24.1 Å². The third-order valence-electron chi connectivity index (χ3n) is 3.91. The van der Waals surface area contributed by atoms with Crippen LogP contribution in [0.1, 0.15) is 25.7 Å². The van der Waals surface area contributed by atoms with Crippen LogP contribution in [0.15, 0.2) is 22.9 Å². The molecule has 6 heteroatoms. The molecule has 3 rings (SSSR count). The lowest BCUT2D eigenvalue weighted by molar-refractivity contribution is -0.142. The fourth-order valence-electron chi connectivity index (χ4n) is 2.89. The molecule has 100 valence electrons. The molecule has 0 saturated carbocycles. The van der Waals surface area contributed by atoms with Gasteiger partial charge in [-0.15, -0.1) is 0 Å². The third kappa shape index (κ3) is 1.83. The normalized spacial score (nSPS) is 27.4. The number of rotatable bonds is 1. The predicted molar refractivity (Wildman–Crippen MR) is 66.4 cm³/mol. The Kier molecular flexibility index (Phi) is 2.66. The minimum Gasteiger partial charge on any atom is -0.399 e. The molecular weight excluding hydrogens is 246 g/mol. The zero-order valence-corrected chi connectivity index (χ0v) is 10.4. The lowest BCUT2D eigenvalue weighted by Gasteiger charge is -2.29. The number of carbonyl (C=O) groups is 3. The molecule has 19 heavy (non-hydrogen) atoms. The lowest BCUT2D eigenvalue weighted by atomic mass is 9.97. The summed E-state index contributed by atoms with van der Waals surface area (Å²) in [5.41, 5.74) is 8.12. The Morgan fingerprint density at radius 3 is 2.68 bits per heavy atom. The van der Waals surface area contributed by atoms with E-state index in [0.717, 1.165) is 17.6 Å². The van der Waals surface area contributed by atoms with Gasteiger partial charge in [0.05, 0.1) is 0 Å². The maximum atomic E-state index is 12.3. The van der Waals surface area contributed by atoms with E-state index < -0.39 is 6.04 Å². The van der Waals surface area contributed by atoms with Gasteiger partial charge in [0.25, 0.3) is 5.91 Å². The second-order valence-electron chi connectivity index (χ2n) is 5.06. The molecule has 3 aliphatic rings. The first-order chi connectivity index (χ1) is 9.08. The second-order valence-corrected chi connectivity index (χ2v) is 5.06. The highest BCUT2D eigenvalue weighted by molar-refractivity contribution is 6.05. The first kappa shape index (κ1) is 12.0. The summed E-state index contributed by atoms with van der Waals surface area (Å²) in [5, 5.41) is 2.28. The van der Waals surface area contributed by atoms with E-state index in [4.69, 9.17) is 5.73 Å². The van der Waals surface area contributed by atoms with Crippen molar-refractivity contribution in [3.05, 3.63) is 22.9 Å². The first-order valence-electron chi connectivity index (χ1n) is 6.40. The molecule has 0 aromatic rings. The van der Waals surface area contributed by atoms with Crippen molar-refractivity contribution in [2.75, 3.05) is 6.54 Å². The smallest absolute Gasteiger partial charge is 0.251 e. The maximum absolute atomic E-state index is 12.3. The summed E-state index contributed by atoms with van der Waals surface area (Å²) < 4.78 is 0. The van der Waals surface area contributed by atoms with Gasteiger partial charge in [0.15, 0.2) is 0 Å². The Hall–Kier alpha value is -2.11. The summed E-state index contributed by atoms with van der Waals surface area (Å²) in [6.45, 7) is 0.378. The zero-order valence-electron chi connectivity index (χ0n) is 10.4. The zero-order chi connectivity index (χ0) is 13.6. The molecule has 6 nitrogen and oxygen atoms in total. The Morgan fingerprint density at radius 1 is 1.21 bits per heavy atom. The Bertz CT molecular complexity index is 547. The number of carbonyl (C=O) groups excluding carboxylic acids is 3. The van der Waals surface area contributed by atoms with Gasteiger partial charge < -0.3 is 10.6 Å². The summed E-state index contributed by atoms with van der Waals surface area (Å²) in [4.78, 5) is 36.8. The van der Waals surface area contributed by atoms with Gasteiger partial charge in [0, 0.05) is 29.8 Å². The molecule has 0 aromatic carbocycles. The lowest BCUT2D eigenvalue weighted by Crippen LogP contribution is -2.53. The average Bonchev–Trinajstić information content (AvgIpc) is 2.69. The minimum absolute atomic E-state index is 0.111. The van der Waals surface area contributed by atoms with Crippen molar-refractivity contribution in [1.29, 1.82) is 0 Å². The van der Waals surface area contributed by atoms with Crippen molar-refractivity contribution >= 4 is 17.7 Å². The molecule has 3 N–H and O–H groups in total. The summed E-state index contributed by atoms with van der Waals surface area (Å²) in [5.74, 6) is -0.766. The predicted octanol–water partition coefficient (Wildman–Crippen LogP) is -0.433. The monoisotopic (exact) mass is 261 g/mol. The quantitative estimate of drug-likeness (QED) is 0.626. The number of hydrogen-bond acceptors (Lipinski definition) is 4. The molecule has 0 radical (unpaired) electrons. The Balaban J connectivity index is 1.83. The average molecular weight is 261 g/mol. The van der Waals surface area contributed by atoms with E-state index in [0.29, 0.717) is 25.1 Å². The van der Waals surface area contributed by atoms with E-state index in [2.05, 4.69) is 5.32 Å². The molecule has 2 heterocycles.